The van der Waals surface area contributed by atoms with Gasteiger partial charge in [0.2, 0.25) is 0 Å². The summed E-state index contributed by atoms with van der Waals surface area (Å²) in [5.41, 5.74) is 4.49. The lowest BCUT2D eigenvalue weighted by Crippen LogP contribution is -2.12. The fourth-order valence-electron chi connectivity index (χ4n) is 1.62. The minimum atomic E-state index is 0.357. The van der Waals surface area contributed by atoms with E-state index >= 15 is 0 Å². The van der Waals surface area contributed by atoms with Crippen molar-refractivity contribution in [3.05, 3.63) is 29.8 Å². The minimum Gasteiger partial charge on any atom is -0.317 e. The summed E-state index contributed by atoms with van der Waals surface area (Å²) in [6.07, 6.45) is 2.83. The molecule has 0 amide bonds. The van der Waals surface area contributed by atoms with Gasteiger partial charge >= 0.3 is 0 Å². The number of para-hydroxylation sites is 1. The van der Waals surface area contributed by atoms with E-state index in [1.54, 1.807) is 0 Å². The summed E-state index contributed by atoms with van der Waals surface area (Å²) in [6, 6.07) is 8.11. The average Bonchev–Trinajstić information content (AvgIpc) is 2.58. The highest BCUT2D eigenvalue weighted by Crippen LogP contribution is 2.33. The Bertz CT molecular complexity index is 322. The van der Waals surface area contributed by atoms with Crippen LogP contribution in [0.25, 0.3) is 0 Å². The van der Waals surface area contributed by atoms with Gasteiger partial charge in [-0.3, -0.25) is 4.99 Å². The summed E-state index contributed by atoms with van der Waals surface area (Å²) >= 11 is 0. The first-order valence-electron chi connectivity index (χ1n) is 4.42. The third kappa shape index (κ3) is 1.61. The molecule has 0 saturated heterocycles. The normalized spacial score (nSPS) is 19.0. The Balaban J connectivity index is 2.14. The van der Waals surface area contributed by atoms with Crippen LogP contribution in [0.4, 0.5) is 5.69 Å². The number of fused-ring (bicyclic) bond motifs is 1. The van der Waals surface area contributed by atoms with E-state index in [9.17, 15) is 0 Å². The van der Waals surface area contributed by atoms with Gasteiger partial charge in [0.1, 0.15) is 0 Å². The molecule has 0 aromatic heterocycles. The first-order valence-corrected chi connectivity index (χ1v) is 4.42. The zero-order chi connectivity index (χ0) is 9.10. The van der Waals surface area contributed by atoms with Crippen molar-refractivity contribution < 1.29 is 5.21 Å². The van der Waals surface area contributed by atoms with Crippen LogP contribution in [0, 0.1) is 0 Å². The van der Waals surface area contributed by atoms with Crippen molar-refractivity contribution in [2.24, 2.45) is 4.99 Å². The summed E-state index contributed by atoms with van der Waals surface area (Å²) in [5.74, 6) is 0.357. The second kappa shape index (κ2) is 3.68. The molecule has 0 radical (unpaired) electrons. The number of nitrogens with one attached hydrogen (secondary N) is 1. The SMILES string of the molecule is ONCCC1C=Nc2ccccc21. The number of rotatable bonds is 3. The molecule has 3 heteroatoms. The van der Waals surface area contributed by atoms with Crippen molar-refractivity contribution in [1.29, 1.82) is 0 Å². The van der Waals surface area contributed by atoms with Crippen molar-refractivity contribution >= 4 is 11.9 Å². The van der Waals surface area contributed by atoms with Crippen LogP contribution in [0.5, 0.6) is 0 Å². The summed E-state index contributed by atoms with van der Waals surface area (Å²) in [5, 5.41) is 8.48. The van der Waals surface area contributed by atoms with Crippen LogP contribution in [-0.2, 0) is 0 Å². The molecule has 2 N–H and O–H groups in total. The molecular weight excluding hydrogens is 164 g/mol. The van der Waals surface area contributed by atoms with E-state index in [0.717, 1.165) is 12.1 Å². The molecule has 1 heterocycles. The molecule has 0 spiro atoms. The van der Waals surface area contributed by atoms with Gasteiger partial charge in [-0.05, 0) is 18.1 Å². The van der Waals surface area contributed by atoms with Crippen molar-refractivity contribution in [3.63, 3.8) is 0 Å². The number of aliphatic imine (C=N–C) groups is 1. The second-order valence-electron chi connectivity index (χ2n) is 3.14. The van der Waals surface area contributed by atoms with Gasteiger partial charge in [0.05, 0.1) is 5.69 Å². The standard InChI is InChI=1S/C10H12N2O/c13-12-6-5-8-7-11-10-4-2-1-3-9(8)10/h1-4,7-8,12-13H,5-6H2. The monoisotopic (exact) mass is 176 g/mol. The van der Waals surface area contributed by atoms with E-state index in [1.165, 1.54) is 5.56 Å². The molecule has 13 heavy (non-hydrogen) atoms. The predicted molar refractivity (Wildman–Crippen MR) is 51.7 cm³/mol. The van der Waals surface area contributed by atoms with Crippen molar-refractivity contribution in [3.8, 4) is 0 Å². The summed E-state index contributed by atoms with van der Waals surface area (Å²) in [6.45, 7) is 0.602. The van der Waals surface area contributed by atoms with E-state index < -0.39 is 0 Å². The van der Waals surface area contributed by atoms with Gasteiger partial charge in [-0.15, -0.1) is 0 Å². The highest BCUT2D eigenvalue weighted by Gasteiger charge is 2.16. The molecular formula is C10H12N2O. The predicted octanol–water partition coefficient (Wildman–Crippen LogP) is 1.85. The van der Waals surface area contributed by atoms with Crippen LogP contribution in [-0.4, -0.2) is 18.0 Å². The number of hydrogen-bond donors (Lipinski definition) is 2. The number of benzene rings is 1. The Hall–Kier alpha value is -1.19. The molecule has 0 fully saturated rings. The topological polar surface area (TPSA) is 44.6 Å². The fourth-order valence-corrected chi connectivity index (χ4v) is 1.62. The van der Waals surface area contributed by atoms with Gasteiger partial charge in [-0.2, -0.15) is 0 Å². The van der Waals surface area contributed by atoms with Crippen LogP contribution >= 0.6 is 0 Å². The largest absolute Gasteiger partial charge is 0.317 e. The van der Waals surface area contributed by atoms with Crippen LogP contribution in [0.2, 0.25) is 0 Å². The van der Waals surface area contributed by atoms with Gasteiger partial charge < -0.3 is 5.21 Å². The van der Waals surface area contributed by atoms with Gasteiger partial charge in [0.25, 0.3) is 0 Å². The Morgan fingerprint density at radius 3 is 3.08 bits per heavy atom. The number of hydrogen-bond acceptors (Lipinski definition) is 3. The molecule has 1 unspecified atom stereocenters. The molecule has 0 bridgehead atoms. The summed E-state index contributed by atoms with van der Waals surface area (Å²) < 4.78 is 0. The third-order valence-corrected chi connectivity index (χ3v) is 2.30. The van der Waals surface area contributed by atoms with E-state index in [4.69, 9.17) is 5.21 Å². The lowest BCUT2D eigenvalue weighted by molar-refractivity contribution is 0.165. The van der Waals surface area contributed by atoms with Crippen molar-refractivity contribution in [2.45, 2.75) is 12.3 Å². The Kier molecular flexibility index (Phi) is 2.38. The van der Waals surface area contributed by atoms with Crippen LogP contribution in [0.1, 0.15) is 17.9 Å². The Morgan fingerprint density at radius 2 is 2.23 bits per heavy atom. The molecule has 1 aliphatic rings. The molecule has 0 saturated carbocycles. The summed E-state index contributed by atoms with van der Waals surface area (Å²) in [7, 11) is 0. The second-order valence-corrected chi connectivity index (χ2v) is 3.14. The lowest BCUT2D eigenvalue weighted by Gasteiger charge is -2.07. The maximum atomic E-state index is 8.48. The Morgan fingerprint density at radius 1 is 1.38 bits per heavy atom. The highest BCUT2D eigenvalue weighted by atomic mass is 16.5. The number of hydroxylamine groups is 1. The maximum Gasteiger partial charge on any atom is 0.0664 e. The van der Waals surface area contributed by atoms with Crippen LogP contribution < -0.4 is 5.48 Å². The number of nitrogens with zero attached hydrogens (tertiary/aromatic N) is 1. The Labute approximate surface area is 77.1 Å². The molecule has 68 valence electrons. The van der Waals surface area contributed by atoms with Crippen molar-refractivity contribution in [2.75, 3.05) is 6.54 Å². The van der Waals surface area contributed by atoms with Gasteiger partial charge in [-0.1, -0.05) is 18.2 Å². The first kappa shape index (κ1) is 8.41. The molecule has 1 aromatic rings. The first-order chi connectivity index (χ1) is 6.42. The molecule has 1 atom stereocenters. The van der Waals surface area contributed by atoms with Gasteiger partial charge in [0.15, 0.2) is 0 Å². The average molecular weight is 176 g/mol. The minimum absolute atomic E-state index is 0.357. The molecule has 3 nitrogen and oxygen atoms in total. The maximum absolute atomic E-state index is 8.48. The smallest absolute Gasteiger partial charge is 0.0664 e. The fraction of sp³-hybridized carbons (Fsp3) is 0.300. The zero-order valence-electron chi connectivity index (χ0n) is 7.27. The summed E-state index contributed by atoms with van der Waals surface area (Å²) in [4.78, 5) is 4.30. The quantitative estimate of drug-likeness (QED) is 0.690. The molecule has 1 aliphatic heterocycles. The lowest BCUT2D eigenvalue weighted by atomic mass is 9.98. The van der Waals surface area contributed by atoms with E-state index in [0.29, 0.717) is 12.5 Å². The molecule has 1 aromatic carbocycles. The van der Waals surface area contributed by atoms with Gasteiger partial charge in [0, 0.05) is 18.7 Å². The highest BCUT2D eigenvalue weighted by molar-refractivity contribution is 5.80. The van der Waals surface area contributed by atoms with Gasteiger partial charge in [-0.25, -0.2) is 5.48 Å². The van der Waals surface area contributed by atoms with Crippen LogP contribution in [0.15, 0.2) is 29.3 Å². The van der Waals surface area contributed by atoms with E-state index in [2.05, 4.69) is 16.5 Å². The third-order valence-electron chi connectivity index (χ3n) is 2.30. The molecule has 2 rings (SSSR count). The molecule has 0 aliphatic carbocycles. The van der Waals surface area contributed by atoms with E-state index in [-0.39, 0.29) is 0 Å². The van der Waals surface area contributed by atoms with Crippen molar-refractivity contribution in [1.82, 2.24) is 5.48 Å². The van der Waals surface area contributed by atoms with Crippen LogP contribution in [0.3, 0.4) is 0 Å². The zero-order valence-corrected chi connectivity index (χ0v) is 7.27. The van der Waals surface area contributed by atoms with E-state index in [1.807, 2.05) is 24.4 Å².